The van der Waals surface area contributed by atoms with Gasteiger partial charge in [-0.25, -0.2) is 0 Å². The van der Waals surface area contributed by atoms with Gasteiger partial charge in [-0.05, 0) is 77.3 Å². The summed E-state index contributed by atoms with van der Waals surface area (Å²) in [4.78, 5) is 7.79. The maximum atomic E-state index is 5.67. The Morgan fingerprint density at radius 2 is 1.77 bits per heavy atom. The SMILES string of the molecule is CCNC(=NCC1(N2CCCC2)CCOCC1)NC1CCC(CC)CC1. The highest BCUT2D eigenvalue weighted by Crippen LogP contribution is 2.32. The molecule has 2 N–H and O–H groups in total. The molecule has 0 aromatic heterocycles. The van der Waals surface area contributed by atoms with Crippen LogP contribution in [0.1, 0.15) is 71.6 Å². The third-order valence-electron chi connectivity index (χ3n) is 6.84. The Kier molecular flexibility index (Phi) is 7.62. The van der Waals surface area contributed by atoms with Crippen LogP contribution in [-0.4, -0.2) is 61.8 Å². The molecule has 26 heavy (non-hydrogen) atoms. The molecule has 0 radical (unpaired) electrons. The summed E-state index contributed by atoms with van der Waals surface area (Å²) in [6.45, 7) is 10.6. The summed E-state index contributed by atoms with van der Waals surface area (Å²) in [6.07, 6.45) is 11.6. The van der Waals surface area contributed by atoms with E-state index in [4.69, 9.17) is 9.73 Å². The van der Waals surface area contributed by atoms with E-state index in [-0.39, 0.29) is 5.54 Å². The topological polar surface area (TPSA) is 48.9 Å². The lowest BCUT2D eigenvalue weighted by atomic mass is 9.84. The first-order valence-corrected chi connectivity index (χ1v) is 11.1. The van der Waals surface area contributed by atoms with Crippen molar-refractivity contribution in [1.82, 2.24) is 15.5 Å². The molecule has 0 aromatic rings. The van der Waals surface area contributed by atoms with Gasteiger partial charge >= 0.3 is 0 Å². The van der Waals surface area contributed by atoms with Crippen LogP contribution in [0.5, 0.6) is 0 Å². The quantitative estimate of drug-likeness (QED) is 0.561. The Morgan fingerprint density at radius 1 is 1.08 bits per heavy atom. The van der Waals surface area contributed by atoms with E-state index < -0.39 is 0 Å². The summed E-state index contributed by atoms with van der Waals surface area (Å²) in [5, 5.41) is 7.23. The van der Waals surface area contributed by atoms with Crippen LogP contribution in [0.2, 0.25) is 0 Å². The minimum atomic E-state index is 0.219. The molecule has 5 heteroatoms. The average molecular weight is 365 g/mol. The molecular weight excluding hydrogens is 324 g/mol. The normalized spacial score (nSPS) is 30.3. The van der Waals surface area contributed by atoms with Crippen LogP contribution >= 0.6 is 0 Å². The first-order chi connectivity index (χ1) is 12.8. The van der Waals surface area contributed by atoms with Crippen molar-refractivity contribution in [3.63, 3.8) is 0 Å². The van der Waals surface area contributed by atoms with E-state index in [9.17, 15) is 0 Å². The van der Waals surface area contributed by atoms with Gasteiger partial charge in [-0.1, -0.05) is 13.3 Å². The molecule has 2 aliphatic heterocycles. The second-order valence-electron chi connectivity index (χ2n) is 8.50. The van der Waals surface area contributed by atoms with E-state index in [2.05, 4.69) is 29.4 Å². The van der Waals surface area contributed by atoms with Crippen LogP contribution in [0.15, 0.2) is 4.99 Å². The van der Waals surface area contributed by atoms with Crippen molar-refractivity contribution in [3.05, 3.63) is 0 Å². The maximum Gasteiger partial charge on any atom is 0.191 e. The fourth-order valence-electron chi connectivity index (χ4n) is 4.97. The van der Waals surface area contributed by atoms with Gasteiger partial charge in [-0.15, -0.1) is 0 Å². The molecule has 0 amide bonds. The van der Waals surface area contributed by atoms with Crippen molar-refractivity contribution in [2.24, 2.45) is 10.9 Å². The molecule has 3 fully saturated rings. The summed E-state index contributed by atoms with van der Waals surface area (Å²) in [5.41, 5.74) is 0.219. The highest BCUT2D eigenvalue weighted by molar-refractivity contribution is 5.80. The minimum Gasteiger partial charge on any atom is -0.381 e. The summed E-state index contributed by atoms with van der Waals surface area (Å²) >= 11 is 0. The van der Waals surface area contributed by atoms with E-state index in [1.807, 2.05) is 0 Å². The highest BCUT2D eigenvalue weighted by Gasteiger charge is 2.39. The Labute approximate surface area is 160 Å². The lowest BCUT2D eigenvalue weighted by Crippen LogP contribution is -2.54. The van der Waals surface area contributed by atoms with Gasteiger partial charge in [0, 0.05) is 31.3 Å². The third kappa shape index (κ3) is 5.13. The maximum absolute atomic E-state index is 5.67. The number of rotatable bonds is 6. The number of hydrogen-bond acceptors (Lipinski definition) is 3. The van der Waals surface area contributed by atoms with E-state index in [0.717, 1.165) is 51.0 Å². The number of ether oxygens (including phenoxy) is 1. The molecule has 0 unspecified atom stereocenters. The second-order valence-corrected chi connectivity index (χ2v) is 8.50. The lowest BCUT2D eigenvalue weighted by molar-refractivity contribution is -0.0139. The average Bonchev–Trinajstić information content (AvgIpc) is 3.23. The number of nitrogens with zero attached hydrogens (tertiary/aromatic N) is 2. The van der Waals surface area contributed by atoms with E-state index in [1.165, 1.54) is 58.0 Å². The first kappa shape index (κ1) is 19.9. The van der Waals surface area contributed by atoms with Gasteiger partial charge < -0.3 is 15.4 Å². The summed E-state index contributed by atoms with van der Waals surface area (Å²) in [7, 11) is 0. The number of hydrogen-bond donors (Lipinski definition) is 2. The number of nitrogens with one attached hydrogen (secondary N) is 2. The molecule has 1 saturated carbocycles. The van der Waals surface area contributed by atoms with Crippen LogP contribution in [-0.2, 0) is 4.74 Å². The lowest BCUT2D eigenvalue weighted by Gasteiger charge is -2.43. The molecule has 5 nitrogen and oxygen atoms in total. The Hall–Kier alpha value is -0.810. The van der Waals surface area contributed by atoms with E-state index >= 15 is 0 Å². The molecule has 3 aliphatic rings. The van der Waals surface area contributed by atoms with Crippen LogP contribution in [0.3, 0.4) is 0 Å². The van der Waals surface area contributed by atoms with Gasteiger partial charge in [0.15, 0.2) is 5.96 Å². The molecule has 0 bridgehead atoms. The molecule has 150 valence electrons. The van der Waals surface area contributed by atoms with Crippen molar-refractivity contribution in [3.8, 4) is 0 Å². The molecule has 3 rings (SSSR count). The van der Waals surface area contributed by atoms with Gasteiger partial charge in [-0.2, -0.15) is 0 Å². The zero-order chi connectivity index (χ0) is 18.2. The zero-order valence-electron chi connectivity index (χ0n) is 17.1. The molecule has 1 aliphatic carbocycles. The first-order valence-electron chi connectivity index (χ1n) is 11.1. The molecule has 0 atom stereocenters. The number of guanidine groups is 1. The van der Waals surface area contributed by atoms with Gasteiger partial charge in [0.1, 0.15) is 0 Å². The van der Waals surface area contributed by atoms with Crippen molar-refractivity contribution in [2.45, 2.75) is 83.2 Å². The van der Waals surface area contributed by atoms with Gasteiger partial charge in [0.05, 0.1) is 6.54 Å². The van der Waals surface area contributed by atoms with Gasteiger partial charge in [0.2, 0.25) is 0 Å². The molecule has 2 saturated heterocycles. The zero-order valence-corrected chi connectivity index (χ0v) is 17.1. The Bertz CT molecular complexity index is 433. The fraction of sp³-hybridized carbons (Fsp3) is 0.952. The van der Waals surface area contributed by atoms with Crippen molar-refractivity contribution >= 4 is 5.96 Å². The Morgan fingerprint density at radius 3 is 2.38 bits per heavy atom. The van der Waals surface area contributed by atoms with Crippen molar-refractivity contribution in [1.29, 1.82) is 0 Å². The smallest absolute Gasteiger partial charge is 0.191 e. The van der Waals surface area contributed by atoms with Crippen molar-refractivity contribution in [2.75, 3.05) is 39.4 Å². The van der Waals surface area contributed by atoms with Crippen LogP contribution < -0.4 is 10.6 Å². The van der Waals surface area contributed by atoms with E-state index in [0.29, 0.717) is 6.04 Å². The summed E-state index contributed by atoms with van der Waals surface area (Å²) in [6, 6.07) is 0.591. The fourth-order valence-corrected chi connectivity index (χ4v) is 4.97. The summed E-state index contributed by atoms with van der Waals surface area (Å²) in [5.74, 6) is 1.96. The van der Waals surface area contributed by atoms with Crippen LogP contribution in [0, 0.1) is 5.92 Å². The third-order valence-corrected chi connectivity index (χ3v) is 6.84. The van der Waals surface area contributed by atoms with Gasteiger partial charge in [-0.3, -0.25) is 9.89 Å². The van der Waals surface area contributed by atoms with Crippen LogP contribution in [0.4, 0.5) is 0 Å². The minimum absolute atomic E-state index is 0.219. The number of aliphatic imine (C=N–C) groups is 1. The molecule has 0 spiro atoms. The highest BCUT2D eigenvalue weighted by atomic mass is 16.5. The van der Waals surface area contributed by atoms with Crippen molar-refractivity contribution < 1.29 is 4.74 Å². The molecule has 0 aromatic carbocycles. The second kappa shape index (κ2) is 9.93. The standard InChI is InChI=1S/C21H40N4O/c1-3-18-7-9-19(10-8-18)24-20(22-4-2)23-17-21(11-15-26-16-12-21)25-13-5-6-14-25/h18-19H,3-17H2,1-2H3,(H2,22,23,24). The van der Waals surface area contributed by atoms with E-state index in [1.54, 1.807) is 0 Å². The summed E-state index contributed by atoms with van der Waals surface area (Å²) < 4.78 is 5.67. The predicted molar refractivity (Wildman–Crippen MR) is 109 cm³/mol. The van der Waals surface area contributed by atoms with Gasteiger partial charge in [0.25, 0.3) is 0 Å². The molecule has 2 heterocycles. The predicted octanol–water partition coefficient (Wildman–Crippen LogP) is 3.16. The van der Waals surface area contributed by atoms with Crippen LogP contribution in [0.25, 0.3) is 0 Å². The largest absolute Gasteiger partial charge is 0.381 e. The molecular formula is C21H40N4O. The Balaban J connectivity index is 1.61. The number of likely N-dealkylation sites (tertiary alicyclic amines) is 1. The monoisotopic (exact) mass is 364 g/mol.